The summed E-state index contributed by atoms with van der Waals surface area (Å²) in [4.78, 5) is 13.6. The Morgan fingerprint density at radius 1 is 0.311 bits per heavy atom. The molecular weight excluding hydrogens is 1500 g/mol. The van der Waals surface area contributed by atoms with E-state index in [0.29, 0.717) is 12.8 Å². The number of nitrogens with one attached hydrogen (secondary N) is 1. The maximum absolute atomic E-state index is 13.6. The van der Waals surface area contributed by atoms with Crippen molar-refractivity contribution in [2.75, 3.05) is 26.4 Å². The summed E-state index contributed by atoms with van der Waals surface area (Å²) in [6.45, 7) is 1.75. The van der Waals surface area contributed by atoms with E-state index in [1.54, 1.807) is 0 Å². The van der Waals surface area contributed by atoms with E-state index >= 15 is 0 Å². The maximum atomic E-state index is 13.6. The molecular formula is C100H181NO18. The first-order valence-electron chi connectivity index (χ1n) is 49.3. The molecule has 0 aromatic heterocycles. The second-order valence-electron chi connectivity index (χ2n) is 34.9. The number of unbranched alkanes of at least 4 members (excludes halogenated alkanes) is 51. The zero-order chi connectivity index (χ0) is 85.9. The maximum Gasteiger partial charge on any atom is 0.220 e. The van der Waals surface area contributed by atoms with Gasteiger partial charge in [-0.1, -0.05) is 420 Å². The van der Waals surface area contributed by atoms with E-state index in [2.05, 4.69) is 104 Å². The van der Waals surface area contributed by atoms with Gasteiger partial charge in [0, 0.05) is 6.42 Å². The van der Waals surface area contributed by atoms with E-state index in [9.17, 15) is 61.0 Å². The van der Waals surface area contributed by atoms with Crippen molar-refractivity contribution in [3.8, 4) is 0 Å². The van der Waals surface area contributed by atoms with Crippen molar-refractivity contribution < 1.29 is 89.4 Å². The summed E-state index contributed by atoms with van der Waals surface area (Å²) in [7, 11) is 0. The van der Waals surface area contributed by atoms with Gasteiger partial charge in [0.15, 0.2) is 18.9 Å². The highest BCUT2D eigenvalue weighted by Gasteiger charge is 2.54. The molecule has 3 fully saturated rings. The average Bonchev–Trinajstić information content (AvgIpc) is 0.778. The standard InChI is InChI=1S/C100H181NO18/c1-3-5-7-9-11-13-15-17-19-21-23-25-27-29-31-33-35-37-38-39-40-41-42-43-44-46-48-50-52-54-56-58-60-62-64-66-68-70-72-74-76-78-88(106)101-83(84(105)77-75-73-71-69-67-65-63-61-59-57-55-53-51-49-47-45-36-34-32-30-28-26-24-22-20-18-16-14-12-10-8-6-4-2)82-114-98-94(112)91(109)96(86(80-103)116-98)119-100-95(113)92(110)97(87(81-104)117-100)118-99-93(111)90(108)89(107)85(79-102)115-99/h5,7,11,13,17,19,23,25,29,31,35,37,39-40,83-87,89-100,102-105,107-113H,3-4,6,8-10,12,14-16,18,20-22,24,26-28,30,32-34,36,38,41-82H2,1-2H3,(H,101,106)/b7-5-,13-11-,19-17-,25-23-,31-29-,37-35-,40-39-. The van der Waals surface area contributed by atoms with Crippen LogP contribution in [0.3, 0.4) is 0 Å². The number of aliphatic hydroxyl groups is 11. The summed E-state index contributed by atoms with van der Waals surface area (Å²) in [6, 6.07) is -0.892. The fourth-order valence-electron chi connectivity index (χ4n) is 16.5. The quantitative estimate of drug-likeness (QED) is 0.0199. The highest BCUT2D eigenvalue weighted by molar-refractivity contribution is 5.76. The van der Waals surface area contributed by atoms with Crippen LogP contribution in [-0.4, -0.2) is 193 Å². The van der Waals surface area contributed by atoms with Gasteiger partial charge < -0.3 is 89.9 Å². The van der Waals surface area contributed by atoms with Gasteiger partial charge in [-0.05, 0) is 70.6 Å². The Hall–Kier alpha value is -3.03. The fourth-order valence-corrected chi connectivity index (χ4v) is 16.5. The largest absolute Gasteiger partial charge is 0.394 e. The van der Waals surface area contributed by atoms with Crippen molar-refractivity contribution in [3.05, 3.63) is 85.1 Å². The number of allylic oxidation sites excluding steroid dienone is 14. The Bertz CT molecular complexity index is 2470. The number of aliphatic hydroxyl groups excluding tert-OH is 11. The smallest absolute Gasteiger partial charge is 0.220 e. The van der Waals surface area contributed by atoms with Gasteiger partial charge in [-0.25, -0.2) is 0 Å². The lowest BCUT2D eigenvalue weighted by Crippen LogP contribution is -2.66. The first-order chi connectivity index (χ1) is 58.3. The van der Waals surface area contributed by atoms with Crippen LogP contribution >= 0.6 is 0 Å². The summed E-state index contributed by atoms with van der Waals surface area (Å²) < 4.78 is 34.7. The zero-order valence-corrected chi connectivity index (χ0v) is 75.3. The zero-order valence-electron chi connectivity index (χ0n) is 75.3. The third-order valence-electron chi connectivity index (χ3n) is 24.2. The lowest BCUT2D eigenvalue weighted by atomic mass is 9.96. The van der Waals surface area contributed by atoms with Crippen molar-refractivity contribution in [1.29, 1.82) is 0 Å². The van der Waals surface area contributed by atoms with E-state index < -0.39 is 124 Å². The monoisotopic (exact) mass is 1680 g/mol. The third kappa shape index (κ3) is 55.9. The molecule has 17 atom stereocenters. The molecule has 119 heavy (non-hydrogen) atoms. The number of carbonyl (C=O) groups is 1. The molecule has 3 aliphatic heterocycles. The number of carbonyl (C=O) groups excluding carboxylic acids is 1. The molecule has 0 aromatic carbocycles. The summed E-state index contributed by atoms with van der Waals surface area (Å²) in [6.07, 6.45) is 81.4. The SMILES string of the molecule is CC/C=C\C/C=C\C/C=C\C/C=C\C/C=C\C/C=C\C/C=C\CCCCCCCCCCCCCCCCCCCCCC(=O)NC(COC1OC(CO)C(OC2OC(CO)C(OC3OC(CO)C(O)C(O)C3O)C(O)C2O)C(O)C1O)C(O)CCCCCCCCCCCCCCCCCCCCCCCCCCCCCCCCCCC. The minimum atomic E-state index is -1.98. The normalized spacial score (nSPS) is 24.5. The van der Waals surface area contributed by atoms with Gasteiger partial charge in [0.1, 0.15) is 73.2 Å². The Morgan fingerprint density at radius 2 is 0.580 bits per heavy atom. The lowest BCUT2D eigenvalue weighted by molar-refractivity contribution is -0.379. The molecule has 0 radical (unpaired) electrons. The van der Waals surface area contributed by atoms with Gasteiger partial charge in [0.2, 0.25) is 5.91 Å². The summed E-state index contributed by atoms with van der Waals surface area (Å²) in [5.74, 6) is -0.236. The van der Waals surface area contributed by atoms with Crippen LogP contribution < -0.4 is 5.32 Å². The molecule has 0 saturated carbocycles. The molecule has 3 heterocycles. The van der Waals surface area contributed by atoms with Crippen LogP contribution in [-0.2, 0) is 33.2 Å². The van der Waals surface area contributed by atoms with Gasteiger partial charge in [-0.2, -0.15) is 0 Å². The average molecular weight is 1690 g/mol. The van der Waals surface area contributed by atoms with Crippen LogP contribution in [0.1, 0.15) is 412 Å². The number of amides is 1. The van der Waals surface area contributed by atoms with Crippen molar-refractivity contribution in [2.45, 2.75) is 516 Å². The predicted molar refractivity (Wildman–Crippen MR) is 485 cm³/mol. The first kappa shape index (κ1) is 110. The van der Waals surface area contributed by atoms with Crippen LogP contribution in [0.15, 0.2) is 85.1 Å². The molecule has 0 bridgehead atoms. The van der Waals surface area contributed by atoms with E-state index in [4.69, 9.17) is 28.4 Å². The molecule has 17 unspecified atom stereocenters. The molecule has 694 valence electrons. The Balaban J connectivity index is 1.28. The highest BCUT2D eigenvalue weighted by atomic mass is 16.8. The van der Waals surface area contributed by atoms with Crippen LogP contribution in [0, 0.1) is 0 Å². The lowest BCUT2D eigenvalue weighted by Gasteiger charge is -2.48. The fraction of sp³-hybridized carbons (Fsp3) is 0.850. The summed E-state index contributed by atoms with van der Waals surface area (Å²) >= 11 is 0. The second kappa shape index (κ2) is 78.5. The van der Waals surface area contributed by atoms with Crippen molar-refractivity contribution in [2.24, 2.45) is 0 Å². The van der Waals surface area contributed by atoms with Crippen LogP contribution in [0.5, 0.6) is 0 Å². The molecule has 1 amide bonds. The minimum absolute atomic E-state index is 0.236. The van der Waals surface area contributed by atoms with Gasteiger partial charge in [0.05, 0.1) is 38.6 Å². The van der Waals surface area contributed by atoms with E-state index in [1.165, 1.54) is 289 Å². The molecule has 3 aliphatic rings. The van der Waals surface area contributed by atoms with Crippen LogP contribution in [0.4, 0.5) is 0 Å². The highest BCUT2D eigenvalue weighted by Crippen LogP contribution is 2.34. The Kier molecular flexibility index (Phi) is 72.6. The molecule has 0 aromatic rings. The van der Waals surface area contributed by atoms with Crippen molar-refractivity contribution in [3.63, 3.8) is 0 Å². The summed E-state index contributed by atoms with van der Waals surface area (Å²) in [5.41, 5.74) is 0. The third-order valence-corrected chi connectivity index (χ3v) is 24.2. The number of hydrogen-bond acceptors (Lipinski definition) is 18. The van der Waals surface area contributed by atoms with Crippen molar-refractivity contribution in [1.82, 2.24) is 5.32 Å². The van der Waals surface area contributed by atoms with Gasteiger partial charge in [0.25, 0.3) is 0 Å². The number of ether oxygens (including phenoxy) is 6. The van der Waals surface area contributed by atoms with E-state index in [-0.39, 0.29) is 18.9 Å². The molecule has 3 saturated heterocycles. The van der Waals surface area contributed by atoms with Gasteiger partial charge in [-0.15, -0.1) is 0 Å². The molecule has 19 nitrogen and oxygen atoms in total. The predicted octanol–water partition coefficient (Wildman–Crippen LogP) is 20.4. The molecule has 19 heteroatoms. The first-order valence-corrected chi connectivity index (χ1v) is 49.3. The summed E-state index contributed by atoms with van der Waals surface area (Å²) in [5, 5.41) is 122. The van der Waals surface area contributed by atoms with Crippen LogP contribution in [0.25, 0.3) is 0 Å². The second-order valence-corrected chi connectivity index (χ2v) is 34.9. The molecule has 12 N–H and O–H groups in total. The van der Waals surface area contributed by atoms with Crippen LogP contribution in [0.2, 0.25) is 0 Å². The number of rotatable bonds is 81. The molecule has 3 rings (SSSR count). The van der Waals surface area contributed by atoms with E-state index in [0.717, 1.165) is 89.9 Å². The molecule has 0 aliphatic carbocycles. The Morgan fingerprint density at radius 3 is 0.908 bits per heavy atom. The Labute approximate surface area is 724 Å². The topological polar surface area (TPSA) is 307 Å². The number of hydrogen-bond donors (Lipinski definition) is 12. The molecule has 0 spiro atoms. The van der Waals surface area contributed by atoms with Gasteiger partial charge in [-0.3, -0.25) is 4.79 Å². The van der Waals surface area contributed by atoms with E-state index in [1.807, 2.05) is 0 Å². The minimum Gasteiger partial charge on any atom is -0.394 e. The van der Waals surface area contributed by atoms with Gasteiger partial charge >= 0.3 is 0 Å². The van der Waals surface area contributed by atoms with Crippen molar-refractivity contribution >= 4 is 5.91 Å².